The van der Waals surface area contributed by atoms with Gasteiger partial charge < -0.3 is 10.4 Å². The number of aromatic nitrogens is 1. The van der Waals surface area contributed by atoms with Crippen LogP contribution in [-0.4, -0.2) is 23.2 Å². The van der Waals surface area contributed by atoms with E-state index in [4.69, 9.17) is 0 Å². The number of nitrogens with one attached hydrogen (secondary N) is 1. The third-order valence-corrected chi connectivity index (χ3v) is 3.91. The minimum atomic E-state index is 0.128. The zero-order valence-electron chi connectivity index (χ0n) is 10.6. The second-order valence-corrected chi connectivity index (χ2v) is 5.24. The SMILES string of the molecule is Cc1cccnc1CNCC1(CO)CCCC1. The summed E-state index contributed by atoms with van der Waals surface area (Å²) >= 11 is 0. The van der Waals surface area contributed by atoms with Gasteiger partial charge in [0, 0.05) is 31.3 Å². The van der Waals surface area contributed by atoms with Crippen LogP contribution in [0.25, 0.3) is 0 Å². The molecule has 0 amide bonds. The fourth-order valence-electron chi connectivity index (χ4n) is 2.67. The maximum atomic E-state index is 9.51. The zero-order valence-corrected chi connectivity index (χ0v) is 10.6. The van der Waals surface area contributed by atoms with Crippen molar-refractivity contribution < 1.29 is 5.11 Å². The monoisotopic (exact) mass is 234 g/mol. The van der Waals surface area contributed by atoms with Gasteiger partial charge in [-0.25, -0.2) is 0 Å². The van der Waals surface area contributed by atoms with Crippen molar-refractivity contribution in [2.24, 2.45) is 5.41 Å². The Morgan fingerprint density at radius 1 is 1.41 bits per heavy atom. The molecule has 94 valence electrons. The van der Waals surface area contributed by atoms with Crippen molar-refractivity contribution in [2.45, 2.75) is 39.2 Å². The molecule has 17 heavy (non-hydrogen) atoms. The van der Waals surface area contributed by atoms with Gasteiger partial charge in [-0.2, -0.15) is 0 Å². The van der Waals surface area contributed by atoms with Crippen LogP contribution in [-0.2, 0) is 6.54 Å². The summed E-state index contributed by atoms with van der Waals surface area (Å²) in [4.78, 5) is 4.37. The Morgan fingerprint density at radius 2 is 2.18 bits per heavy atom. The van der Waals surface area contributed by atoms with Gasteiger partial charge in [-0.15, -0.1) is 0 Å². The molecule has 0 aromatic carbocycles. The van der Waals surface area contributed by atoms with Crippen molar-refractivity contribution >= 4 is 0 Å². The lowest BCUT2D eigenvalue weighted by molar-refractivity contribution is 0.128. The highest BCUT2D eigenvalue weighted by Crippen LogP contribution is 2.36. The quantitative estimate of drug-likeness (QED) is 0.819. The molecular formula is C14H22N2O. The second kappa shape index (κ2) is 5.61. The van der Waals surface area contributed by atoms with Crippen LogP contribution in [0.3, 0.4) is 0 Å². The van der Waals surface area contributed by atoms with Crippen molar-refractivity contribution in [1.29, 1.82) is 0 Å². The van der Waals surface area contributed by atoms with Crippen LogP contribution in [0.5, 0.6) is 0 Å². The molecule has 0 radical (unpaired) electrons. The fraction of sp³-hybridized carbons (Fsp3) is 0.643. The Hall–Kier alpha value is -0.930. The number of nitrogens with zero attached hydrogens (tertiary/aromatic N) is 1. The average Bonchev–Trinajstić information content (AvgIpc) is 2.81. The van der Waals surface area contributed by atoms with Crippen LogP contribution in [0.1, 0.15) is 36.9 Å². The predicted octanol–water partition coefficient (Wildman–Crippen LogP) is 2.03. The van der Waals surface area contributed by atoms with Crippen molar-refractivity contribution in [3.8, 4) is 0 Å². The molecule has 1 aromatic heterocycles. The zero-order chi connectivity index (χ0) is 12.1. The highest BCUT2D eigenvalue weighted by atomic mass is 16.3. The highest BCUT2D eigenvalue weighted by Gasteiger charge is 2.32. The first-order valence-electron chi connectivity index (χ1n) is 6.48. The van der Waals surface area contributed by atoms with E-state index in [0.717, 1.165) is 31.6 Å². The van der Waals surface area contributed by atoms with E-state index in [1.54, 1.807) is 0 Å². The van der Waals surface area contributed by atoms with Crippen molar-refractivity contribution in [3.63, 3.8) is 0 Å². The molecule has 1 aromatic rings. The number of aliphatic hydroxyl groups excluding tert-OH is 1. The topological polar surface area (TPSA) is 45.2 Å². The number of hydrogen-bond donors (Lipinski definition) is 2. The Kier molecular flexibility index (Phi) is 4.13. The first-order valence-corrected chi connectivity index (χ1v) is 6.48. The van der Waals surface area contributed by atoms with Gasteiger partial charge in [0.05, 0.1) is 5.69 Å². The van der Waals surface area contributed by atoms with E-state index in [1.165, 1.54) is 18.4 Å². The van der Waals surface area contributed by atoms with E-state index in [2.05, 4.69) is 23.3 Å². The van der Waals surface area contributed by atoms with Crippen LogP contribution < -0.4 is 5.32 Å². The number of hydrogen-bond acceptors (Lipinski definition) is 3. The molecule has 1 aliphatic rings. The smallest absolute Gasteiger partial charge is 0.0570 e. The minimum Gasteiger partial charge on any atom is -0.396 e. The molecule has 0 spiro atoms. The normalized spacial score (nSPS) is 18.5. The van der Waals surface area contributed by atoms with Gasteiger partial charge in [-0.05, 0) is 31.4 Å². The molecule has 0 unspecified atom stereocenters. The second-order valence-electron chi connectivity index (χ2n) is 5.24. The Morgan fingerprint density at radius 3 is 2.82 bits per heavy atom. The molecule has 1 saturated carbocycles. The lowest BCUT2D eigenvalue weighted by Crippen LogP contribution is -2.35. The Balaban J connectivity index is 1.85. The lowest BCUT2D eigenvalue weighted by atomic mass is 9.87. The van der Waals surface area contributed by atoms with Gasteiger partial charge in [0.25, 0.3) is 0 Å². The third-order valence-electron chi connectivity index (χ3n) is 3.91. The van der Waals surface area contributed by atoms with Crippen LogP contribution in [0, 0.1) is 12.3 Å². The number of aryl methyl sites for hydroxylation is 1. The van der Waals surface area contributed by atoms with E-state index in [1.807, 2.05) is 12.3 Å². The molecule has 0 aliphatic heterocycles. The first-order chi connectivity index (χ1) is 8.26. The lowest BCUT2D eigenvalue weighted by Gasteiger charge is -2.26. The van der Waals surface area contributed by atoms with Gasteiger partial charge in [-0.3, -0.25) is 4.98 Å². The molecule has 2 N–H and O–H groups in total. The fourth-order valence-corrected chi connectivity index (χ4v) is 2.67. The van der Waals surface area contributed by atoms with Gasteiger partial charge in [-0.1, -0.05) is 18.9 Å². The summed E-state index contributed by atoms with van der Waals surface area (Å²) in [5.41, 5.74) is 2.46. The van der Waals surface area contributed by atoms with Gasteiger partial charge in [0.1, 0.15) is 0 Å². The molecule has 1 fully saturated rings. The summed E-state index contributed by atoms with van der Waals surface area (Å²) in [5, 5.41) is 13.0. The van der Waals surface area contributed by atoms with E-state index < -0.39 is 0 Å². The molecule has 0 saturated heterocycles. The highest BCUT2D eigenvalue weighted by molar-refractivity contribution is 5.17. The van der Waals surface area contributed by atoms with Crippen LogP contribution in [0.2, 0.25) is 0 Å². The summed E-state index contributed by atoms with van der Waals surface area (Å²) in [6.45, 7) is 4.09. The van der Waals surface area contributed by atoms with E-state index in [-0.39, 0.29) is 5.41 Å². The molecule has 3 heteroatoms. The number of aliphatic hydroxyl groups is 1. The largest absolute Gasteiger partial charge is 0.396 e. The summed E-state index contributed by atoms with van der Waals surface area (Å²) in [7, 11) is 0. The van der Waals surface area contributed by atoms with Crippen molar-refractivity contribution in [2.75, 3.05) is 13.2 Å². The van der Waals surface area contributed by atoms with Gasteiger partial charge in [0.15, 0.2) is 0 Å². The third kappa shape index (κ3) is 3.05. The Labute approximate surface area is 103 Å². The average molecular weight is 234 g/mol. The van der Waals surface area contributed by atoms with E-state index in [0.29, 0.717) is 6.61 Å². The van der Waals surface area contributed by atoms with Crippen molar-refractivity contribution in [3.05, 3.63) is 29.6 Å². The molecule has 0 bridgehead atoms. The van der Waals surface area contributed by atoms with Crippen LogP contribution in [0.4, 0.5) is 0 Å². The Bertz CT molecular complexity index is 359. The molecule has 1 heterocycles. The first kappa shape index (κ1) is 12.5. The predicted molar refractivity (Wildman–Crippen MR) is 68.7 cm³/mol. The summed E-state index contributed by atoms with van der Waals surface area (Å²) in [5.74, 6) is 0. The van der Waals surface area contributed by atoms with E-state index in [9.17, 15) is 5.11 Å². The van der Waals surface area contributed by atoms with Gasteiger partial charge >= 0.3 is 0 Å². The summed E-state index contributed by atoms with van der Waals surface area (Å²) in [6.07, 6.45) is 6.65. The molecule has 1 aliphatic carbocycles. The summed E-state index contributed by atoms with van der Waals surface area (Å²) < 4.78 is 0. The molecule has 3 nitrogen and oxygen atoms in total. The maximum absolute atomic E-state index is 9.51. The van der Waals surface area contributed by atoms with Gasteiger partial charge in [0.2, 0.25) is 0 Å². The number of rotatable bonds is 5. The molecule has 0 atom stereocenters. The standard InChI is InChI=1S/C14H22N2O/c1-12-5-4-8-16-13(12)9-15-10-14(11-17)6-2-3-7-14/h4-5,8,15,17H,2-3,6-7,9-11H2,1H3. The van der Waals surface area contributed by atoms with Crippen LogP contribution in [0.15, 0.2) is 18.3 Å². The minimum absolute atomic E-state index is 0.128. The molecular weight excluding hydrogens is 212 g/mol. The van der Waals surface area contributed by atoms with Crippen molar-refractivity contribution in [1.82, 2.24) is 10.3 Å². The molecule has 2 rings (SSSR count). The number of pyridine rings is 1. The van der Waals surface area contributed by atoms with Crippen LogP contribution >= 0.6 is 0 Å². The van der Waals surface area contributed by atoms with E-state index >= 15 is 0 Å². The maximum Gasteiger partial charge on any atom is 0.0570 e. The summed E-state index contributed by atoms with van der Waals surface area (Å²) in [6, 6.07) is 4.05.